The number of amides is 1. The summed E-state index contributed by atoms with van der Waals surface area (Å²) >= 11 is 0. The van der Waals surface area contributed by atoms with E-state index in [2.05, 4.69) is 0 Å². The van der Waals surface area contributed by atoms with E-state index in [0.29, 0.717) is 0 Å². The zero-order chi connectivity index (χ0) is 13.7. The summed E-state index contributed by atoms with van der Waals surface area (Å²) in [5.74, 6) is 1.03. The fourth-order valence-electron chi connectivity index (χ4n) is 1.60. The molecule has 2 N–H and O–H groups in total. The smallest absolute Gasteiger partial charge is 0.241 e. The fraction of sp³-hybridized carbons (Fsp3) is 0.0625. The number of carbonyl (C=O) groups is 1. The van der Waals surface area contributed by atoms with E-state index in [0.717, 1.165) is 17.1 Å². The van der Waals surface area contributed by atoms with Gasteiger partial charge in [0.1, 0.15) is 11.5 Å². The zero-order valence-electron chi connectivity index (χ0n) is 10.7. The Morgan fingerprint density at radius 3 is 2.53 bits per heavy atom. The molecule has 3 nitrogen and oxygen atoms in total. The molecular formula is C16H15NO2. The van der Waals surface area contributed by atoms with Crippen LogP contribution in [0, 0.1) is 6.92 Å². The van der Waals surface area contributed by atoms with Crippen molar-refractivity contribution in [2.75, 3.05) is 0 Å². The Hall–Kier alpha value is -2.55. The van der Waals surface area contributed by atoms with Gasteiger partial charge in [0, 0.05) is 6.08 Å². The van der Waals surface area contributed by atoms with Crippen LogP contribution in [-0.4, -0.2) is 5.91 Å². The van der Waals surface area contributed by atoms with Gasteiger partial charge in [-0.25, -0.2) is 0 Å². The molecule has 3 heteroatoms. The quantitative estimate of drug-likeness (QED) is 0.850. The number of ether oxygens (including phenoxy) is 1. The standard InChI is InChI=1S/C16H15NO2/c1-12-5-8-14(9-6-12)19-15-4-2-3-13(11-15)7-10-16(17)18/h2-11H,1H3,(H2,17,18)/b10-7-. The molecule has 0 bridgehead atoms. The number of hydrogen-bond donors (Lipinski definition) is 1. The Morgan fingerprint density at radius 1 is 1.11 bits per heavy atom. The minimum absolute atomic E-state index is 0.468. The van der Waals surface area contributed by atoms with Gasteiger partial charge < -0.3 is 10.5 Å². The van der Waals surface area contributed by atoms with Crippen molar-refractivity contribution in [1.29, 1.82) is 0 Å². The van der Waals surface area contributed by atoms with Gasteiger partial charge >= 0.3 is 0 Å². The Labute approximate surface area is 112 Å². The molecule has 0 fully saturated rings. The van der Waals surface area contributed by atoms with Crippen molar-refractivity contribution in [2.24, 2.45) is 5.73 Å². The van der Waals surface area contributed by atoms with Crippen LogP contribution in [0.3, 0.4) is 0 Å². The number of aryl methyl sites for hydroxylation is 1. The molecule has 2 aromatic rings. The molecule has 96 valence electrons. The summed E-state index contributed by atoms with van der Waals surface area (Å²) in [5.41, 5.74) is 7.11. The van der Waals surface area contributed by atoms with Crippen molar-refractivity contribution < 1.29 is 9.53 Å². The molecule has 2 rings (SSSR count). The average molecular weight is 253 g/mol. The first-order chi connectivity index (χ1) is 9.13. The number of hydrogen-bond acceptors (Lipinski definition) is 2. The monoisotopic (exact) mass is 253 g/mol. The average Bonchev–Trinajstić information content (AvgIpc) is 2.40. The molecule has 1 amide bonds. The Bertz CT molecular complexity index is 600. The summed E-state index contributed by atoms with van der Waals surface area (Å²) in [7, 11) is 0. The van der Waals surface area contributed by atoms with Crippen LogP contribution >= 0.6 is 0 Å². The van der Waals surface area contributed by atoms with E-state index >= 15 is 0 Å². The molecule has 0 radical (unpaired) electrons. The fourth-order valence-corrected chi connectivity index (χ4v) is 1.60. The largest absolute Gasteiger partial charge is 0.457 e. The maximum atomic E-state index is 10.7. The third kappa shape index (κ3) is 4.00. The first-order valence-electron chi connectivity index (χ1n) is 5.95. The molecule has 0 heterocycles. The van der Waals surface area contributed by atoms with Crippen LogP contribution in [-0.2, 0) is 4.79 Å². The van der Waals surface area contributed by atoms with Crippen molar-refractivity contribution in [3.05, 3.63) is 65.7 Å². The van der Waals surface area contributed by atoms with Gasteiger partial charge in [0.15, 0.2) is 0 Å². The van der Waals surface area contributed by atoms with E-state index < -0.39 is 5.91 Å². The highest BCUT2D eigenvalue weighted by atomic mass is 16.5. The summed E-state index contributed by atoms with van der Waals surface area (Å²) < 4.78 is 5.73. The van der Waals surface area contributed by atoms with Gasteiger partial charge in [0.2, 0.25) is 5.91 Å². The summed E-state index contributed by atoms with van der Waals surface area (Å²) in [4.78, 5) is 10.7. The number of nitrogens with two attached hydrogens (primary N) is 1. The SMILES string of the molecule is Cc1ccc(Oc2cccc(/C=C\C(N)=O)c2)cc1. The third-order valence-corrected chi connectivity index (χ3v) is 2.55. The summed E-state index contributed by atoms with van der Waals surface area (Å²) in [6.45, 7) is 2.03. The van der Waals surface area contributed by atoms with Gasteiger partial charge in [-0.1, -0.05) is 29.8 Å². The predicted molar refractivity (Wildman–Crippen MR) is 75.9 cm³/mol. The predicted octanol–water partition coefficient (Wildman–Crippen LogP) is 3.29. The van der Waals surface area contributed by atoms with Crippen LogP contribution in [0.2, 0.25) is 0 Å². The molecule has 0 saturated heterocycles. The second-order valence-corrected chi connectivity index (χ2v) is 4.22. The highest BCUT2D eigenvalue weighted by molar-refractivity contribution is 5.90. The number of rotatable bonds is 4. The van der Waals surface area contributed by atoms with Crippen molar-refractivity contribution in [1.82, 2.24) is 0 Å². The minimum atomic E-state index is -0.468. The molecule has 0 aliphatic rings. The van der Waals surface area contributed by atoms with Gasteiger partial charge in [0.05, 0.1) is 0 Å². The molecule has 0 spiro atoms. The lowest BCUT2D eigenvalue weighted by molar-refractivity contribution is -0.113. The van der Waals surface area contributed by atoms with E-state index in [1.165, 1.54) is 11.6 Å². The number of carbonyl (C=O) groups excluding carboxylic acids is 1. The topological polar surface area (TPSA) is 52.3 Å². The second kappa shape index (κ2) is 5.87. The van der Waals surface area contributed by atoms with Crippen molar-refractivity contribution in [3.63, 3.8) is 0 Å². The van der Waals surface area contributed by atoms with Crippen molar-refractivity contribution in [2.45, 2.75) is 6.92 Å². The molecule has 0 atom stereocenters. The van der Waals surface area contributed by atoms with Crippen molar-refractivity contribution >= 4 is 12.0 Å². The van der Waals surface area contributed by atoms with E-state index in [4.69, 9.17) is 10.5 Å². The lowest BCUT2D eigenvalue weighted by Crippen LogP contribution is -2.05. The van der Waals surface area contributed by atoms with E-state index in [1.807, 2.05) is 55.5 Å². The van der Waals surface area contributed by atoms with Crippen LogP contribution in [0.15, 0.2) is 54.6 Å². The Kier molecular flexibility index (Phi) is 3.98. The first-order valence-corrected chi connectivity index (χ1v) is 5.95. The highest BCUT2D eigenvalue weighted by Crippen LogP contribution is 2.22. The normalized spacial score (nSPS) is 10.6. The van der Waals surface area contributed by atoms with Crippen LogP contribution in [0.1, 0.15) is 11.1 Å². The molecule has 2 aromatic carbocycles. The van der Waals surface area contributed by atoms with Gasteiger partial charge in [-0.15, -0.1) is 0 Å². The first kappa shape index (κ1) is 12.9. The van der Waals surface area contributed by atoms with Crippen LogP contribution in [0.4, 0.5) is 0 Å². The summed E-state index contributed by atoms with van der Waals surface area (Å²) in [5, 5.41) is 0. The summed E-state index contributed by atoms with van der Waals surface area (Å²) in [6.07, 6.45) is 2.98. The minimum Gasteiger partial charge on any atom is -0.457 e. The van der Waals surface area contributed by atoms with Crippen LogP contribution in [0.25, 0.3) is 6.08 Å². The molecule has 0 saturated carbocycles. The van der Waals surface area contributed by atoms with Gasteiger partial charge in [-0.05, 0) is 42.8 Å². The van der Waals surface area contributed by atoms with E-state index in [-0.39, 0.29) is 0 Å². The van der Waals surface area contributed by atoms with E-state index in [1.54, 1.807) is 6.08 Å². The highest BCUT2D eigenvalue weighted by Gasteiger charge is 1.98. The maximum Gasteiger partial charge on any atom is 0.241 e. The molecule has 0 aromatic heterocycles. The lowest BCUT2D eigenvalue weighted by atomic mass is 10.2. The lowest BCUT2D eigenvalue weighted by Gasteiger charge is -2.06. The van der Waals surface area contributed by atoms with E-state index in [9.17, 15) is 4.79 Å². The Balaban J connectivity index is 2.15. The molecule has 0 aliphatic carbocycles. The molecule has 0 aliphatic heterocycles. The summed E-state index contributed by atoms with van der Waals surface area (Å²) in [6, 6.07) is 15.3. The second-order valence-electron chi connectivity index (χ2n) is 4.22. The van der Waals surface area contributed by atoms with Gasteiger partial charge in [-0.3, -0.25) is 4.79 Å². The van der Waals surface area contributed by atoms with Gasteiger partial charge in [-0.2, -0.15) is 0 Å². The number of benzene rings is 2. The molecule has 0 unspecified atom stereocenters. The van der Waals surface area contributed by atoms with Crippen molar-refractivity contribution in [3.8, 4) is 11.5 Å². The van der Waals surface area contributed by atoms with Gasteiger partial charge in [0.25, 0.3) is 0 Å². The Morgan fingerprint density at radius 2 is 1.84 bits per heavy atom. The number of primary amides is 1. The van der Waals surface area contributed by atoms with Crippen LogP contribution < -0.4 is 10.5 Å². The third-order valence-electron chi connectivity index (χ3n) is 2.55. The maximum absolute atomic E-state index is 10.7. The molecular weight excluding hydrogens is 238 g/mol. The molecule has 19 heavy (non-hydrogen) atoms. The van der Waals surface area contributed by atoms with Crippen LogP contribution in [0.5, 0.6) is 11.5 Å². The zero-order valence-corrected chi connectivity index (χ0v) is 10.7.